The third kappa shape index (κ3) is 4.92. The molecule has 0 amide bonds. The van der Waals surface area contributed by atoms with Crippen molar-refractivity contribution in [1.29, 1.82) is 0 Å². The van der Waals surface area contributed by atoms with E-state index >= 15 is 0 Å². The third-order valence-corrected chi connectivity index (χ3v) is 4.83. The number of carbonyl (C=O) groups is 2. The van der Waals surface area contributed by atoms with E-state index in [-0.39, 0.29) is 6.16 Å². The molecule has 1 aromatic carbocycles. The lowest BCUT2D eigenvalue weighted by atomic mass is 10.1. The average Bonchev–Trinajstić information content (AvgIpc) is 2.85. The van der Waals surface area contributed by atoms with Gasteiger partial charge in [0.2, 0.25) is 0 Å². The summed E-state index contributed by atoms with van der Waals surface area (Å²) >= 11 is 0. The number of fused-ring (bicyclic) bond motifs is 1. The Morgan fingerprint density at radius 3 is 2.43 bits per heavy atom. The molecule has 124 valence electrons. The van der Waals surface area contributed by atoms with Crippen molar-refractivity contribution in [3.63, 3.8) is 0 Å². The van der Waals surface area contributed by atoms with E-state index in [0.717, 1.165) is 10.9 Å². The Kier molecular flexibility index (Phi) is 5.20. The number of rotatable bonds is 8. The molecule has 23 heavy (non-hydrogen) atoms. The number of aromatic nitrogens is 1. The van der Waals surface area contributed by atoms with E-state index in [1.165, 1.54) is 0 Å². The largest absolute Gasteiger partial charge is 0.481 e. The van der Waals surface area contributed by atoms with Crippen LogP contribution in [0.5, 0.6) is 0 Å². The van der Waals surface area contributed by atoms with Crippen LogP contribution < -0.4 is 5.09 Å². The predicted octanol–water partition coefficient (Wildman–Crippen LogP) is 1.76. The molecule has 2 aromatic rings. The number of hydrogen-bond donors (Lipinski definition) is 5. The summed E-state index contributed by atoms with van der Waals surface area (Å²) in [4.78, 5) is 34.6. The van der Waals surface area contributed by atoms with Gasteiger partial charge in [-0.15, -0.1) is 0 Å². The number of nitrogens with one attached hydrogen (secondary N) is 2. The van der Waals surface area contributed by atoms with Crippen molar-refractivity contribution in [2.24, 2.45) is 0 Å². The first-order chi connectivity index (χ1) is 10.8. The normalized spacial score (nSPS) is 14.0. The minimum absolute atomic E-state index is 0.224. The molecule has 8 nitrogen and oxygen atoms in total. The first kappa shape index (κ1) is 17.2. The van der Waals surface area contributed by atoms with Crippen molar-refractivity contribution >= 4 is 30.4 Å². The van der Waals surface area contributed by atoms with Gasteiger partial charge in [0.1, 0.15) is 0 Å². The van der Waals surface area contributed by atoms with Crippen molar-refractivity contribution in [3.8, 4) is 0 Å². The fourth-order valence-electron chi connectivity index (χ4n) is 2.44. The van der Waals surface area contributed by atoms with E-state index in [4.69, 9.17) is 10.2 Å². The van der Waals surface area contributed by atoms with Gasteiger partial charge >= 0.3 is 11.9 Å². The SMILES string of the molecule is O=C(O)CC(CC(=O)O)NP(=O)(O)Cc1cccc2[nH]ccc12. The molecule has 0 spiro atoms. The van der Waals surface area contributed by atoms with Gasteiger partial charge in [0, 0.05) is 23.1 Å². The fraction of sp³-hybridized carbons (Fsp3) is 0.286. The quantitative estimate of drug-likeness (QED) is 0.461. The fourth-order valence-corrected chi connectivity index (χ4v) is 4.02. The van der Waals surface area contributed by atoms with Gasteiger partial charge in [-0.25, -0.2) is 5.09 Å². The lowest BCUT2D eigenvalue weighted by Gasteiger charge is -2.20. The lowest BCUT2D eigenvalue weighted by Crippen LogP contribution is -2.31. The maximum atomic E-state index is 12.4. The molecule has 0 aliphatic rings. The first-order valence-electron chi connectivity index (χ1n) is 6.85. The molecule has 1 atom stereocenters. The van der Waals surface area contributed by atoms with Crippen molar-refractivity contribution in [3.05, 3.63) is 36.0 Å². The Balaban J connectivity index is 2.16. The smallest absolute Gasteiger partial charge is 0.304 e. The molecule has 1 heterocycles. The Morgan fingerprint density at radius 1 is 1.17 bits per heavy atom. The van der Waals surface area contributed by atoms with E-state index < -0.39 is 38.3 Å². The summed E-state index contributed by atoms with van der Waals surface area (Å²) in [7, 11) is -3.95. The lowest BCUT2D eigenvalue weighted by molar-refractivity contribution is -0.139. The summed E-state index contributed by atoms with van der Waals surface area (Å²) in [5.41, 5.74) is 1.43. The minimum atomic E-state index is -3.95. The van der Waals surface area contributed by atoms with Crippen LogP contribution in [0.4, 0.5) is 0 Å². The summed E-state index contributed by atoms with van der Waals surface area (Å²) in [5.74, 6) is -2.48. The Bertz CT molecular complexity index is 755. The predicted molar refractivity (Wildman–Crippen MR) is 83.3 cm³/mol. The van der Waals surface area contributed by atoms with Crippen molar-refractivity contribution in [2.75, 3.05) is 0 Å². The molecule has 0 aliphatic heterocycles. The van der Waals surface area contributed by atoms with Crippen LogP contribution >= 0.6 is 7.52 Å². The Hall–Kier alpha value is -2.15. The van der Waals surface area contributed by atoms with Gasteiger partial charge in [0.05, 0.1) is 19.0 Å². The number of benzene rings is 1. The average molecular weight is 340 g/mol. The highest BCUT2D eigenvalue weighted by atomic mass is 31.2. The number of hydrogen-bond acceptors (Lipinski definition) is 3. The molecule has 0 radical (unpaired) electrons. The van der Waals surface area contributed by atoms with Crippen LogP contribution in [0.25, 0.3) is 10.9 Å². The highest BCUT2D eigenvalue weighted by molar-refractivity contribution is 7.55. The maximum absolute atomic E-state index is 12.4. The second-order valence-electron chi connectivity index (χ2n) is 5.24. The Labute approximate surface area is 131 Å². The van der Waals surface area contributed by atoms with Gasteiger partial charge < -0.3 is 20.1 Å². The summed E-state index contributed by atoms with van der Waals surface area (Å²) in [6.45, 7) is 0. The number of H-pyrrole nitrogens is 1. The van der Waals surface area contributed by atoms with Gasteiger partial charge in [-0.05, 0) is 17.7 Å². The van der Waals surface area contributed by atoms with Crippen LogP contribution in [0.1, 0.15) is 18.4 Å². The van der Waals surface area contributed by atoms with Crippen LogP contribution in [0.3, 0.4) is 0 Å². The zero-order valence-electron chi connectivity index (χ0n) is 12.1. The molecule has 0 bridgehead atoms. The second-order valence-corrected chi connectivity index (χ2v) is 7.22. The summed E-state index contributed by atoms with van der Waals surface area (Å²) < 4.78 is 12.4. The third-order valence-electron chi connectivity index (χ3n) is 3.30. The molecule has 0 saturated heterocycles. The zero-order valence-corrected chi connectivity index (χ0v) is 13.0. The minimum Gasteiger partial charge on any atom is -0.481 e. The Morgan fingerprint density at radius 2 is 1.83 bits per heavy atom. The van der Waals surface area contributed by atoms with E-state index in [0.29, 0.717) is 5.56 Å². The van der Waals surface area contributed by atoms with Crippen LogP contribution in [0, 0.1) is 0 Å². The molecule has 0 saturated carbocycles. The monoisotopic (exact) mass is 340 g/mol. The van der Waals surface area contributed by atoms with Crippen molar-refractivity contribution < 1.29 is 29.3 Å². The van der Waals surface area contributed by atoms with Gasteiger partial charge in [-0.2, -0.15) is 0 Å². The van der Waals surface area contributed by atoms with E-state index in [9.17, 15) is 19.0 Å². The highest BCUT2D eigenvalue weighted by Gasteiger charge is 2.27. The molecule has 1 unspecified atom stereocenters. The highest BCUT2D eigenvalue weighted by Crippen LogP contribution is 2.42. The maximum Gasteiger partial charge on any atom is 0.304 e. The summed E-state index contributed by atoms with van der Waals surface area (Å²) in [6, 6.07) is 5.92. The molecule has 2 rings (SSSR count). The van der Waals surface area contributed by atoms with Crippen LogP contribution in [-0.4, -0.2) is 38.1 Å². The van der Waals surface area contributed by atoms with Crippen LogP contribution in [-0.2, 0) is 20.3 Å². The number of carboxylic acid groups (broad SMARTS) is 2. The molecule has 1 aromatic heterocycles. The van der Waals surface area contributed by atoms with Gasteiger partial charge in [0.25, 0.3) is 7.52 Å². The van der Waals surface area contributed by atoms with Crippen LogP contribution in [0.2, 0.25) is 0 Å². The van der Waals surface area contributed by atoms with Crippen molar-refractivity contribution in [1.82, 2.24) is 10.1 Å². The van der Waals surface area contributed by atoms with Gasteiger partial charge in [0.15, 0.2) is 0 Å². The molecule has 0 aliphatic carbocycles. The first-order valence-corrected chi connectivity index (χ1v) is 8.69. The van der Waals surface area contributed by atoms with Crippen molar-refractivity contribution in [2.45, 2.75) is 25.0 Å². The standard InChI is InChI=1S/C14H17N2O6P/c17-13(18)6-10(7-14(19)20)16-23(21,22)8-9-2-1-3-12-11(9)4-5-15-12/h1-5,10,15H,6-8H2,(H,17,18)(H,19,20)(H2,16,21,22). The summed E-state index contributed by atoms with van der Waals surface area (Å²) in [6.07, 6.45) is 0.385. The van der Waals surface area contributed by atoms with Crippen LogP contribution in [0.15, 0.2) is 30.5 Å². The topological polar surface area (TPSA) is 140 Å². The van der Waals surface area contributed by atoms with E-state index in [2.05, 4.69) is 10.1 Å². The number of carboxylic acids is 2. The molecule has 5 N–H and O–H groups in total. The van der Waals surface area contributed by atoms with Gasteiger partial charge in [-0.3, -0.25) is 14.2 Å². The van der Waals surface area contributed by atoms with Gasteiger partial charge in [-0.1, -0.05) is 12.1 Å². The number of aliphatic carboxylic acids is 2. The second kappa shape index (κ2) is 6.95. The van der Waals surface area contributed by atoms with E-state index in [1.807, 2.05) is 6.07 Å². The zero-order chi connectivity index (χ0) is 17.0. The van der Waals surface area contributed by atoms with E-state index in [1.54, 1.807) is 24.4 Å². The molecular weight excluding hydrogens is 323 g/mol. The summed E-state index contributed by atoms with van der Waals surface area (Å²) in [5, 5.41) is 20.7. The number of aromatic amines is 1. The molecular formula is C14H17N2O6P. The molecule has 0 fully saturated rings. The molecule has 9 heteroatoms.